The summed E-state index contributed by atoms with van der Waals surface area (Å²) in [7, 11) is 3.16. The predicted octanol–water partition coefficient (Wildman–Crippen LogP) is 1.11. The van der Waals surface area contributed by atoms with Crippen LogP contribution in [0.4, 0.5) is 0 Å². The van der Waals surface area contributed by atoms with Gasteiger partial charge in [0.1, 0.15) is 5.60 Å². The van der Waals surface area contributed by atoms with Crippen LogP contribution in [0.2, 0.25) is 0 Å². The lowest BCUT2D eigenvalue weighted by Crippen LogP contribution is -2.46. The van der Waals surface area contributed by atoms with Gasteiger partial charge in [0.2, 0.25) is 5.91 Å². The van der Waals surface area contributed by atoms with E-state index in [2.05, 4.69) is 6.58 Å². The molecule has 7 heteroatoms. The molecule has 1 aromatic carbocycles. The number of carboxylic acid groups (broad SMARTS) is 1. The molecule has 4 rings (SSSR count). The number of carboxylic acids is 1. The first-order chi connectivity index (χ1) is 14.3. The van der Waals surface area contributed by atoms with Gasteiger partial charge in [-0.25, -0.2) is 0 Å². The molecule has 7 nitrogen and oxygen atoms in total. The molecule has 1 aromatic rings. The average molecular weight is 412 g/mol. The van der Waals surface area contributed by atoms with Crippen molar-refractivity contribution >= 4 is 11.9 Å². The number of likely N-dealkylation sites (tertiary alicyclic amines) is 1. The first kappa shape index (κ1) is 20.5. The Labute approximate surface area is 175 Å². The number of fused-ring (bicyclic) bond motifs is 1. The van der Waals surface area contributed by atoms with E-state index in [-0.39, 0.29) is 11.9 Å². The summed E-state index contributed by atoms with van der Waals surface area (Å²) in [5, 5.41) is 11.8. The fourth-order valence-electron chi connectivity index (χ4n) is 5.14. The van der Waals surface area contributed by atoms with Crippen LogP contribution in [0.3, 0.4) is 0 Å². The number of methoxy groups -OCH3 is 2. The van der Waals surface area contributed by atoms with Gasteiger partial charge in [-0.05, 0) is 37.5 Å². The van der Waals surface area contributed by atoms with E-state index in [4.69, 9.17) is 14.2 Å². The van der Waals surface area contributed by atoms with Crippen LogP contribution in [0, 0.1) is 11.8 Å². The smallest absolute Gasteiger partial charge is 0.230 e. The first-order valence-electron chi connectivity index (χ1n) is 10.1. The Bertz CT molecular complexity index is 924. The van der Waals surface area contributed by atoms with Gasteiger partial charge in [-0.3, -0.25) is 4.79 Å². The van der Waals surface area contributed by atoms with Gasteiger partial charge >= 0.3 is 0 Å². The third-order valence-electron chi connectivity index (χ3n) is 6.44. The van der Waals surface area contributed by atoms with Crippen molar-refractivity contribution in [2.45, 2.75) is 37.5 Å². The molecule has 3 aliphatic heterocycles. The molecular weight excluding hydrogens is 386 g/mol. The summed E-state index contributed by atoms with van der Waals surface area (Å²) < 4.78 is 16.8. The molecule has 30 heavy (non-hydrogen) atoms. The summed E-state index contributed by atoms with van der Waals surface area (Å²) in [5.41, 5.74) is 0.973. The van der Waals surface area contributed by atoms with E-state index >= 15 is 0 Å². The summed E-state index contributed by atoms with van der Waals surface area (Å²) in [6.45, 7) is 6.35. The monoisotopic (exact) mass is 412 g/mol. The third kappa shape index (κ3) is 2.99. The maximum absolute atomic E-state index is 13.4. The molecular formula is C23H26NO6-. The second-order valence-corrected chi connectivity index (χ2v) is 8.27. The molecule has 0 aromatic heterocycles. The molecule has 0 unspecified atom stereocenters. The molecule has 3 aliphatic rings. The van der Waals surface area contributed by atoms with Crippen LogP contribution in [0.1, 0.15) is 18.9 Å². The lowest BCUT2D eigenvalue weighted by molar-refractivity contribution is -0.313. The maximum Gasteiger partial charge on any atom is 0.230 e. The highest BCUT2D eigenvalue weighted by Crippen LogP contribution is 2.55. The molecule has 2 fully saturated rings. The van der Waals surface area contributed by atoms with E-state index in [0.717, 1.165) is 11.1 Å². The van der Waals surface area contributed by atoms with E-state index < -0.39 is 29.5 Å². The number of carbonyl (C=O) groups is 2. The number of amides is 1. The zero-order valence-corrected chi connectivity index (χ0v) is 17.4. The second kappa shape index (κ2) is 7.47. The summed E-state index contributed by atoms with van der Waals surface area (Å²) in [6.07, 6.45) is 4.16. The fourth-order valence-corrected chi connectivity index (χ4v) is 5.14. The third-order valence-corrected chi connectivity index (χ3v) is 6.44. The maximum atomic E-state index is 13.4. The number of benzene rings is 1. The molecule has 0 radical (unpaired) electrons. The molecule has 160 valence electrons. The zero-order chi connectivity index (χ0) is 21.6. The summed E-state index contributed by atoms with van der Waals surface area (Å²) >= 11 is 0. The Morgan fingerprint density at radius 2 is 2.03 bits per heavy atom. The Balaban J connectivity index is 1.61. The number of aliphatic carboxylic acids is 1. The number of carbonyl (C=O) groups excluding carboxylic acids is 2. The van der Waals surface area contributed by atoms with Gasteiger partial charge in [0, 0.05) is 18.4 Å². The van der Waals surface area contributed by atoms with Gasteiger partial charge in [-0.2, -0.15) is 0 Å². The van der Waals surface area contributed by atoms with Gasteiger partial charge < -0.3 is 29.0 Å². The normalized spacial score (nSPS) is 31.2. The Morgan fingerprint density at radius 1 is 1.30 bits per heavy atom. The van der Waals surface area contributed by atoms with Gasteiger partial charge in [0.05, 0.1) is 32.3 Å². The molecule has 0 aliphatic carbocycles. The predicted molar refractivity (Wildman–Crippen MR) is 107 cm³/mol. The van der Waals surface area contributed by atoms with Crippen molar-refractivity contribution in [3.8, 4) is 11.5 Å². The van der Waals surface area contributed by atoms with Crippen LogP contribution in [0.5, 0.6) is 11.5 Å². The number of ether oxygens (including phenoxy) is 3. The molecule has 2 bridgehead atoms. The van der Waals surface area contributed by atoms with Crippen LogP contribution in [-0.4, -0.2) is 55.3 Å². The highest BCUT2D eigenvalue weighted by atomic mass is 16.5. The van der Waals surface area contributed by atoms with E-state index in [1.807, 2.05) is 31.2 Å². The zero-order valence-electron chi connectivity index (χ0n) is 17.4. The van der Waals surface area contributed by atoms with Crippen molar-refractivity contribution < 1.29 is 28.9 Å². The standard InChI is InChI=1S/C23H27NO6/c1-13(2)11-18-23-9-7-16(30-23)19(22(26)27)20(23)21(25)24(18)10-8-14-5-6-15(28-3)17(12-14)29-4/h5-7,9,12,16,18-20H,1,8,10-11H2,2-4H3,(H,26,27)/p-1/t16-,18+,19+,20+,23+/m0/s1. The second-order valence-electron chi connectivity index (χ2n) is 8.27. The van der Waals surface area contributed by atoms with Crippen LogP contribution in [0.15, 0.2) is 42.5 Å². The topological polar surface area (TPSA) is 88.1 Å². The molecule has 1 amide bonds. The minimum atomic E-state index is -1.24. The molecule has 2 saturated heterocycles. The van der Waals surface area contributed by atoms with Gasteiger partial charge in [-0.1, -0.05) is 23.8 Å². The quantitative estimate of drug-likeness (QED) is 0.595. The lowest BCUT2D eigenvalue weighted by atomic mass is 9.74. The largest absolute Gasteiger partial charge is 0.550 e. The number of hydrogen-bond acceptors (Lipinski definition) is 6. The summed E-state index contributed by atoms with van der Waals surface area (Å²) in [5.74, 6) is -1.88. The summed E-state index contributed by atoms with van der Waals surface area (Å²) in [4.78, 5) is 26.9. The van der Waals surface area contributed by atoms with Crippen LogP contribution in [-0.2, 0) is 20.7 Å². The molecule has 0 saturated carbocycles. The average Bonchev–Trinajstić information content (AvgIpc) is 3.35. The van der Waals surface area contributed by atoms with Crippen LogP contribution < -0.4 is 14.6 Å². The highest BCUT2D eigenvalue weighted by molar-refractivity contribution is 5.91. The van der Waals surface area contributed by atoms with E-state index in [0.29, 0.717) is 30.9 Å². The van der Waals surface area contributed by atoms with Crippen LogP contribution >= 0.6 is 0 Å². The Kier molecular flexibility index (Phi) is 5.10. The van der Waals surface area contributed by atoms with Crippen molar-refractivity contribution in [3.05, 3.63) is 48.1 Å². The van der Waals surface area contributed by atoms with Gasteiger partial charge in [0.15, 0.2) is 11.5 Å². The Morgan fingerprint density at radius 3 is 2.67 bits per heavy atom. The Hall–Kier alpha value is -2.80. The van der Waals surface area contributed by atoms with Crippen molar-refractivity contribution in [2.75, 3.05) is 20.8 Å². The van der Waals surface area contributed by atoms with Gasteiger partial charge in [-0.15, -0.1) is 6.58 Å². The van der Waals surface area contributed by atoms with Crippen molar-refractivity contribution in [1.29, 1.82) is 0 Å². The molecule has 0 N–H and O–H groups in total. The van der Waals surface area contributed by atoms with Gasteiger partial charge in [0.25, 0.3) is 0 Å². The van der Waals surface area contributed by atoms with Crippen molar-refractivity contribution in [2.24, 2.45) is 11.8 Å². The highest BCUT2D eigenvalue weighted by Gasteiger charge is 2.69. The van der Waals surface area contributed by atoms with Crippen molar-refractivity contribution in [3.63, 3.8) is 0 Å². The minimum absolute atomic E-state index is 0.192. The van der Waals surface area contributed by atoms with E-state index in [1.165, 1.54) is 0 Å². The van der Waals surface area contributed by atoms with E-state index in [1.54, 1.807) is 25.2 Å². The molecule has 5 atom stereocenters. The number of hydrogen-bond donors (Lipinski definition) is 0. The van der Waals surface area contributed by atoms with E-state index in [9.17, 15) is 14.7 Å². The minimum Gasteiger partial charge on any atom is -0.550 e. The fraction of sp³-hybridized carbons (Fsp3) is 0.478. The molecule has 1 spiro atoms. The number of nitrogens with zero attached hydrogens (tertiary/aromatic N) is 1. The first-order valence-corrected chi connectivity index (χ1v) is 10.1. The number of rotatable bonds is 8. The molecule has 3 heterocycles. The lowest BCUT2D eigenvalue weighted by Gasteiger charge is -2.33. The van der Waals surface area contributed by atoms with Crippen LogP contribution in [0.25, 0.3) is 0 Å². The SMILES string of the molecule is C=C(C)C[C@H]1N(CCc2ccc(OC)c(OC)c2)C(=O)[C@H]2[C@H](C(=O)[O-])[C@@H]3C=C[C@]21O3. The van der Waals surface area contributed by atoms with Crippen molar-refractivity contribution in [1.82, 2.24) is 4.90 Å². The summed E-state index contributed by atoms with van der Waals surface area (Å²) in [6, 6.07) is 5.36.